The molecule has 0 amide bonds. The third-order valence-electron chi connectivity index (χ3n) is 5.89. The molecule has 1 saturated heterocycles. The summed E-state index contributed by atoms with van der Waals surface area (Å²) in [5, 5.41) is 15.7. The summed E-state index contributed by atoms with van der Waals surface area (Å²) >= 11 is 0. The molecule has 1 aromatic carbocycles. The van der Waals surface area contributed by atoms with Gasteiger partial charge in [0.15, 0.2) is 5.96 Å². The molecule has 29 heavy (non-hydrogen) atoms. The van der Waals surface area contributed by atoms with E-state index < -0.39 is 0 Å². The van der Waals surface area contributed by atoms with Crippen LogP contribution in [0.4, 0.5) is 5.69 Å². The fraction of sp³-hybridized carbons (Fsp3) is 0.571. The van der Waals surface area contributed by atoms with E-state index in [1.54, 1.807) is 0 Å². The van der Waals surface area contributed by atoms with Gasteiger partial charge in [0.05, 0.1) is 0 Å². The van der Waals surface area contributed by atoms with Crippen LogP contribution in [0.5, 0.6) is 0 Å². The molecule has 2 N–H and O–H groups in total. The molecule has 2 unspecified atom stereocenters. The van der Waals surface area contributed by atoms with E-state index >= 15 is 0 Å². The number of aryl methyl sites for hydroxylation is 2. The zero-order valence-corrected chi connectivity index (χ0v) is 19.7. The Labute approximate surface area is 190 Å². The highest BCUT2D eigenvalue weighted by atomic mass is 127. The average Bonchev–Trinajstić information content (AvgIpc) is 3.12. The number of aliphatic imine (C=N–C) groups is 1. The van der Waals surface area contributed by atoms with Crippen LogP contribution < -0.4 is 15.5 Å². The quantitative estimate of drug-likeness (QED) is 0.377. The van der Waals surface area contributed by atoms with E-state index in [1.807, 2.05) is 14.0 Å². The lowest BCUT2D eigenvalue weighted by Crippen LogP contribution is -2.52. The number of fused-ring (bicyclic) bond motifs is 1. The normalized spacial score (nSPS) is 21.9. The number of anilines is 1. The highest BCUT2D eigenvalue weighted by Gasteiger charge is 2.23. The first-order chi connectivity index (χ1) is 13.7. The summed E-state index contributed by atoms with van der Waals surface area (Å²) < 4.78 is 2.25. The smallest absolute Gasteiger partial charge is 0.191 e. The fourth-order valence-electron chi connectivity index (χ4n) is 4.29. The Balaban J connectivity index is 0.00000240. The van der Waals surface area contributed by atoms with Crippen LogP contribution in [0.3, 0.4) is 0 Å². The van der Waals surface area contributed by atoms with Crippen LogP contribution in [0.2, 0.25) is 0 Å². The second-order valence-corrected chi connectivity index (χ2v) is 7.90. The van der Waals surface area contributed by atoms with Gasteiger partial charge in [-0.05, 0) is 44.2 Å². The first-order valence-corrected chi connectivity index (χ1v) is 10.4. The molecule has 7 nitrogen and oxygen atoms in total. The van der Waals surface area contributed by atoms with Crippen LogP contribution in [0, 0.1) is 12.8 Å². The van der Waals surface area contributed by atoms with E-state index in [-0.39, 0.29) is 24.0 Å². The Morgan fingerprint density at radius 2 is 2.00 bits per heavy atom. The van der Waals surface area contributed by atoms with Gasteiger partial charge in [0.25, 0.3) is 0 Å². The van der Waals surface area contributed by atoms with E-state index in [1.165, 1.54) is 18.5 Å². The number of guanidine groups is 1. The molecule has 2 aromatic rings. The van der Waals surface area contributed by atoms with Crippen LogP contribution in [0.1, 0.15) is 30.9 Å². The zero-order valence-electron chi connectivity index (χ0n) is 17.3. The maximum atomic E-state index is 4.46. The lowest BCUT2D eigenvalue weighted by Gasteiger charge is -2.35. The Morgan fingerprint density at radius 1 is 1.17 bits per heavy atom. The van der Waals surface area contributed by atoms with Gasteiger partial charge >= 0.3 is 0 Å². The van der Waals surface area contributed by atoms with Crippen LogP contribution >= 0.6 is 24.0 Å². The van der Waals surface area contributed by atoms with Crippen LogP contribution in [-0.2, 0) is 13.0 Å². The lowest BCUT2D eigenvalue weighted by atomic mass is 9.99. The Hall–Kier alpha value is -1.84. The summed E-state index contributed by atoms with van der Waals surface area (Å²) in [6, 6.07) is 11.1. The summed E-state index contributed by atoms with van der Waals surface area (Å²) in [6.07, 6.45) is 4.53. The molecule has 0 aliphatic carbocycles. The van der Waals surface area contributed by atoms with Crippen molar-refractivity contribution >= 4 is 35.6 Å². The number of benzene rings is 1. The molecular weight excluding hydrogens is 477 g/mol. The zero-order chi connectivity index (χ0) is 19.3. The highest BCUT2D eigenvalue weighted by molar-refractivity contribution is 14.0. The monoisotopic (exact) mass is 509 g/mol. The molecule has 0 radical (unpaired) electrons. The van der Waals surface area contributed by atoms with Gasteiger partial charge in [-0.3, -0.25) is 4.99 Å². The van der Waals surface area contributed by atoms with Gasteiger partial charge in [-0.15, -0.1) is 34.2 Å². The van der Waals surface area contributed by atoms with Crippen molar-refractivity contribution in [3.05, 3.63) is 42.0 Å². The van der Waals surface area contributed by atoms with E-state index in [2.05, 4.69) is 65.6 Å². The second kappa shape index (κ2) is 10.3. The maximum absolute atomic E-state index is 4.46. The van der Waals surface area contributed by atoms with Crippen molar-refractivity contribution < 1.29 is 0 Å². The number of nitrogens with one attached hydrogen (secondary N) is 2. The summed E-state index contributed by atoms with van der Waals surface area (Å²) in [4.78, 5) is 6.92. The van der Waals surface area contributed by atoms with Crippen molar-refractivity contribution in [2.45, 2.75) is 45.2 Å². The Morgan fingerprint density at radius 3 is 2.79 bits per heavy atom. The average molecular weight is 509 g/mol. The summed E-state index contributed by atoms with van der Waals surface area (Å²) in [7, 11) is 1.86. The minimum atomic E-state index is 0. The van der Waals surface area contributed by atoms with Gasteiger partial charge in [0, 0.05) is 51.4 Å². The third kappa shape index (κ3) is 5.40. The maximum Gasteiger partial charge on any atom is 0.191 e. The number of aromatic nitrogens is 3. The number of halogens is 1. The molecule has 4 rings (SSSR count). The van der Waals surface area contributed by atoms with E-state index in [0.717, 1.165) is 56.6 Å². The molecule has 2 aliphatic rings. The van der Waals surface area contributed by atoms with Crippen molar-refractivity contribution in [1.82, 2.24) is 25.4 Å². The number of hydrogen-bond acceptors (Lipinski definition) is 4. The van der Waals surface area contributed by atoms with E-state index in [0.29, 0.717) is 12.0 Å². The fourth-order valence-corrected chi connectivity index (χ4v) is 4.29. The van der Waals surface area contributed by atoms with Crippen molar-refractivity contribution in [2.24, 2.45) is 10.9 Å². The topological polar surface area (TPSA) is 70.4 Å². The summed E-state index contributed by atoms with van der Waals surface area (Å²) in [6.45, 7) is 6.08. The minimum Gasteiger partial charge on any atom is -0.369 e. The van der Waals surface area contributed by atoms with E-state index in [4.69, 9.17) is 0 Å². The molecule has 1 fully saturated rings. The van der Waals surface area contributed by atoms with Crippen molar-refractivity contribution in [3.8, 4) is 0 Å². The first kappa shape index (κ1) is 21.9. The van der Waals surface area contributed by atoms with Crippen molar-refractivity contribution in [2.75, 3.05) is 31.6 Å². The van der Waals surface area contributed by atoms with Gasteiger partial charge in [0.1, 0.15) is 11.6 Å². The van der Waals surface area contributed by atoms with Gasteiger partial charge < -0.3 is 20.1 Å². The number of hydrogen-bond donors (Lipinski definition) is 2. The molecule has 0 saturated carbocycles. The predicted octanol–water partition coefficient (Wildman–Crippen LogP) is 2.60. The second-order valence-electron chi connectivity index (χ2n) is 7.90. The van der Waals surface area contributed by atoms with E-state index in [9.17, 15) is 0 Å². The van der Waals surface area contributed by atoms with Crippen LogP contribution in [-0.4, -0.2) is 53.4 Å². The molecule has 8 heteroatoms. The van der Waals surface area contributed by atoms with Crippen LogP contribution in [0.25, 0.3) is 0 Å². The lowest BCUT2D eigenvalue weighted by molar-refractivity contribution is 0.357. The van der Waals surface area contributed by atoms with Gasteiger partial charge in [-0.1, -0.05) is 18.2 Å². The number of para-hydroxylation sites is 1. The van der Waals surface area contributed by atoms with Gasteiger partial charge in [-0.25, -0.2) is 0 Å². The van der Waals surface area contributed by atoms with Crippen molar-refractivity contribution in [1.29, 1.82) is 0 Å². The number of piperidine rings is 1. The molecule has 158 valence electrons. The predicted molar refractivity (Wildman–Crippen MR) is 128 cm³/mol. The molecule has 0 spiro atoms. The van der Waals surface area contributed by atoms with Gasteiger partial charge in [-0.2, -0.15) is 0 Å². The highest BCUT2D eigenvalue weighted by Crippen LogP contribution is 2.20. The third-order valence-corrected chi connectivity index (χ3v) is 5.89. The molecule has 0 bridgehead atoms. The summed E-state index contributed by atoms with van der Waals surface area (Å²) in [5.41, 5.74) is 1.30. The summed E-state index contributed by atoms with van der Waals surface area (Å²) in [5.74, 6) is 3.63. The Bertz CT molecular complexity index is 805. The Kier molecular flexibility index (Phi) is 7.74. The number of rotatable bonds is 4. The minimum absolute atomic E-state index is 0. The standard InChI is InChI=1S/C21H31N7.HI/c1-16-25-26-20-11-10-17(14-28(16)20)13-23-21(22-2)24-18-7-6-12-27(15-18)19-8-4-3-5-9-19;/h3-5,8-9,17-18H,6-7,10-15H2,1-2H3,(H2,22,23,24);1H. The first-order valence-electron chi connectivity index (χ1n) is 10.4. The largest absolute Gasteiger partial charge is 0.369 e. The molecule has 2 aliphatic heterocycles. The van der Waals surface area contributed by atoms with Crippen LogP contribution in [0.15, 0.2) is 35.3 Å². The molecular formula is C21H32IN7. The molecule has 3 heterocycles. The van der Waals surface area contributed by atoms with Gasteiger partial charge in [0.2, 0.25) is 0 Å². The molecule has 2 atom stereocenters. The van der Waals surface area contributed by atoms with Crippen molar-refractivity contribution in [3.63, 3.8) is 0 Å². The number of nitrogens with zero attached hydrogens (tertiary/aromatic N) is 5. The molecule has 1 aromatic heterocycles. The SMILES string of the molecule is CN=C(NCC1CCc2nnc(C)n2C1)NC1CCCN(c2ccccc2)C1.I.